The van der Waals surface area contributed by atoms with E-state index in [4.69, 9.17) is 14.6 Å². The first-order valence-electron chi connectivity index (χ1n) is 7.76. The van der Waals surface area contributed by atoms with Gasteiger partial charge < -0.3 is 19.7 Å². The van der Waals surface area contributed by atoms with E-state index in [1.807, 2.05) is 32.0 Å². The van der Waals surface area contributed by atoms with Crippen molar-refractivity contribution in [2.45, 2.75) is 57.7 Å². The quantitative estimate of drug-likeness (QED) is 0.758. The number of hydrogen-bond acceptors (Lipinski definition) is 4. The molecule has 1 aromatic carbocycles. The lowest BCUT2D eigenvalue weighted by atomic mass is 9.92. The zero-order chi connectivity index (χ0) is 15.3. The van der Waals surface area contributed by atoms with Gasteiger partial charge in [0, 0.05) is 24.7 Å². The van der Waals surface area contributed by atoms with Gasteiger partial charge in [-0.1, -0.05) is 6.42 Å². The molecule has 4 heteroatoms. The van der Waals surface area contributed by atoms with Crippen LogP contribution in [-0.2, 0) is 0 Å². The van der Waals surface area contributed by atoms with Gasteiger partial charge in [0.25, 0.3) is 0 Å². The second kappa shape index (κ2) is 7.14. The molecule has 1 aromatic rings. The van der Waals surface area contributed by atoms with Crippen LogP contribution in [0.3, 0.4) is 0 Å². The third-order valence-corrected chi connectivity index (χ3v) is 3.74. The van der Waals surface area contributed by atoms with Crippen molar-refractivity contribution in [1.82, 2.24) is 0 Å². The highest BCUT2D eigenvalue weighted by atomic mass is 16.5. The summed E-state index contributed by atoms with van der Waals surface area (Å²) in [6.45, 7) is 4.89. The van der Waals surface area contributed by atoms with Gasteiger partial charge in [0.15, 0.2) is 0 Å². The Bertz CT molecular complexity index is 456. The van der Waals surface area contributed by atoms with Crippen LogP contribution in [0.2, 0.25) is 0 Å². The van der Waals surface area contributed by atoms with Crippen molar-refractivity contribution in [3.05, 3.63) is 23.8 Å². The highest BCUT2D eigenvalue weighted by Gasteiger charge is 2.32. The monoisotopic (exact) mass is 294 g/mol. The predicted octanol–water partition coefficient (Wildman–Crippen LogP) is 3.21. The van der Waals surface area contributed by atoms with Gasteiger partial charge in [-0.3, -0.25) is 0 Å². The first-order chi connectivity index (χ1) is 10.0. The zero-order valence-corrected chi connectivity index (χ0v) is 13.0. The van der Waals surface area contributed by atoms with E-state index in [-0.39, 0.29) is 12.2 Å². The Morgan fingerprint density at radius 3 is 2.76 bits per heavy atom. The number of unbranched alkanes of at least 4 members (excludes halogenated alkanes) is 3. The minimum atomic E-state index is -0.476. The van der Waals surface area contributed by atoms with Crippen molar-refractivity contribution in [3.8, 4) is 11.5 Å². The largest absolute Gasteiger partial charge is 0.493 e. The molecule has 1 unspecified atom stereocenters. The average Bonchev–Trinajstić information content (AvgIpc) is 2.41. The molecule has 2 rings (SSSR count). The number of benzene rings is 1. The molecule has 0 amide bonds. The van der Waals surface area contributed by atoms with Crippen molar-refractivity contribution in [2.24, 2.45) is 0 Å². The van der Waals surface area contributed by atoms with E-state index >= 15 is 0 Å². The second-order valence-corrected chi connectivity index (χ2v) is 6.27. The molecule has 21 heavy (non-hydrogen) atoms. The molecule has 0 fully saturated rings. The van der Waals surface area contributed by atoms with Crippen molar-refractivity contribution < 1.29 is 19.7 Å². The zero-order valence-electron chi connectivity index (χ0n) is 13.0. The summed E-state index contributed by atoms with van der Waals surface area (Å²) in [6, 6.07) is 5.64. The van der Waals surface area contributed by atoms with Gasteiger partial charge in [-0.15, -0.1) is 0 Å². The molecule has 0 bridgehead atoms. The lowest BCUT2D eigenvalue weighted by Gasteiger charge is -2.35. The standard InChI is InChI=1S/C17H26O4/c1-17(2)12-15(19)14-8-7-13(11-16(14)21-17)20-10-6-4-3-5-9-18/h7-8,11,15,18-19H,3-6,9-10,12H2,1-2H3. The lowest BCUT2D eigenvalue weighted by Crippen LogP contribution is -2.34. The maximum Gasteiger partial charge on any atom is 0.129 e. The molecule has 118 valence electrons. The van der Waals surface area contributed by atoms with Crippen LogP contribution in [0.4, 0.5) is 0 Å². The maximum atomic E-state index is 10.1. The van der Waals surface area contributed by atoms with E-state index in [1.165, 1.54) is 0 Å². The SMILES string of the molecule is CC1(C)CC(O)c2ccc(OCCCCCCO)cc2O1. The number of ether oxygens (including phenoxy) is 2. The molecular formula is C17H26O4. The van der Waals surface area contributed by atoms with Crippen molar-refractivity contribution in [1.29, 1.82) is 0 Å². The van der Waals surface area contributed by atoms with E-state index in [0.717, 1.165) is 42.7 Å². The van der Waals surface area contributed by atoms with Crippen LogP contribution in [0.25, 0.3) is 0 Å². The first-order valence-corrected chi connectivity index (χ1v) is 7.76. The molecule has 0 saturated heterocycles. The summed E-state index contributed by atoms with van der Waals surface area (Å²) in [5.74, 6) is 1.50. The molecule has 1 aliphatic rings. The highest BCUT2D eigenvalue weighted by Crippen LogP contribution is 2.41. The topological polar surface area (TPSA) is 58.9 Å². The molecular weight excluding hydrogens is 268 g/mol. The molecule has 0 aromatic heterocycles. The summed E-state index contributed by atoms with van der Waals surface area (Å²) in [7, 11) is 0. The Hall–Kier alpha value is -1.26. The average molecular weight is 294 g/mol. The molecule has 0 saturated carbocycles. The minimum absolute atomic E-state index is 0.265. The van der Waals surface area contributed by atoms with E-state index in [1.54, 1.807) is 0 Å². The number of hydrogen-bond donors (Lipinski definition) is 2. The second-order valence-electron chi connectivity index (χ2n) is 6.27. The van der Waals surface area contributed by atoms with E-state index in [9.17, 15) is 5.11 Å². The van der Waals surface area contributed by atoms with Crippen LogP contribution in [0.5, 0.6) is 11.5 Å². The summed E-state index contributed by atoms with van der Waals surface area (Å²) in [5.41, 5.74) is 0.486. The van der Waals surface area contributed by atoms with Gasteiger partial charge in [-0.2, -0.15) is 0 Å². The Balaban J connectivity index is 1.89. The number of rotatable bonds is 7. The van der Waals surface area contributed by atoms with Gasteiger partial charge in [0.2, 0.25) is 0 Å². The summed E-state index contributed by atoms with van der Waals surface area (Å²) in [6.07, 6.45) is 4.06. The van der Waals surface area contributed by atoms with Gasteiger partial charge in [-0.25, -0.2) is 0 Å². The third-order valence-electron chi connectivity index (χ3n) is 3.74. The van der Waals surface area contributed by atoms with Crippen molar-refractivity contribution >= 4 is 0 Å². The predicted molar refractivity (Wildman–Crippen MR) is 81.8 cm³/mol. The molecule has 2 N–H and O–H groups in total. The normalized spacial score (nSPS) is 19.7. The molecule has 0 radical (unpaired) electrons. The highest BCUT2D eigenvalue weighted by molar-refractivity contribution is 5.43. The van der Waals surface area contributed by atoms with Crippen LogP contribution >= 0.6 is 0 Å². The van der Waals surface area contributed by atoms with E-state index < -0.39 is 6.10 Å². The number of aliphatic hydroxyl groups is 2. The van der Waals surface area contributed by atoms with Crippen LogP contribution < -0.4 is 9.47 Å². The molecule has 1 heterocycles. The lowest BCUT2D eigenvalue weighted by molar-refractivity contribution is 0.0113. The summed E-state index contributed by atoms with van der Waals surface area (Å²) < 4.78 is 11.7. The molecule has 4 nitrogen and oxygen atoms in total. The van der Waals surface area contributed by atoms with Crippen molar-refractivity contribution in [3.63, 3.8) is 0 Å². The fourth-order valence-electron chi connectivity index (χ4n) is 2.64. The van der Waals surface area contributed by atoms with E-state index in [2.05, 4.69) is 0 Å². The molecule has 1 atom stereocenters. The third kappa shape index (κ3) is 4.61. The smallest absolute Gasteiger partial charge is 0.129 e. The Morgan fingerprint density at radius 2 is 2.00 bits per heavy atom. The van der Waals surface area contributed by atoms with Gasteiger partial charge in [0.1, 0.15) is 17.1 Å². The van der Waals surface area contributed by atoms with Crippen LogP contribution in [0.1, 0.15) is 57.6 Å². The number of aliphatic hydroxyl groups excluding tert-OH is 2. The van der Waals surface area contributed by atoms with Crippen LogP contribution in [-0.4, -0.2) is 29.0 Å². The van der Waals surface area contributed by atoms with Gasteiger partial charge in [-0.05, 0) is 45.2 Å². The minimum Gasteiger partial charge on any atom is -0.493 e. The first kappa shape index (κ1) is 16.1. The van der Waals surface area contributed by atoms with E-state index in [0.29, 0.717) is 13.0 Å². The van der Waals surface area contributed by atoms with Crippen LogP contribution in [0.15, 0.2) is 18.2 Å². The summed E-state index contributed by atoms with van der Waals surface area (Å²) in [4.78, 5) is 0. The number of fused-ring (bicyclic) bond motifs is 1. The molecule has 0 aliphatic carbocycles. The molecule has 0 spiro atoms. The molecule has 1 aliphatic heterocycles. The van der Waals surface area contributed by atoms with Crippen molar-refractivity contribution in [2.75, 3.05) is 13.2 Å². The summed E-state index contributed by atoms with van der Waals surface area (Å²) in [5, 5.41) is 18.9. The van der Waals surface area contributed by atoms with Crippen LogP contribution in [0, 0.1) is 0 Å². The Kier molecular flexibility index (Phi) is 5.48. The summed E-state index contributed by atoms with van der Waals surface area (Å²) >= 11 is 0. The Morgan fingerprint density at radius 1 is 1.24 bits per heavy atom. The fraction of sp³-hybridized carbons (Fsp3) is 0.647. The van der Waals surface area contributed by atoms with Gasteiger partial charge in [0.05, 0.1) is 12.7 Å². The maximum absolute atomic E-state index is 10.1. The Labute approximate surface area is 126 Å². The fourth-order valence-corrected chi connectivity index (χ4v) is 2.64. The van der Waals surface area contributed by atoms with Gasteiger partial charge >= 0.3 is 0 Å².